The lowest BCUT2D eigenvalue weighted by atomic mass is 9.99. The SMILES string of the molecule is CCCCCCCCCCCCc1ccc(C(=O)Oc2ccc(-c3cccc(-c4ccc(OC(=O)c5ccc(CCCCCCCCCCCC)cc5)cc4)c3)cc2)cc1. The van der Waals surface area contributed by atoms with Gasteiger partial charge in [-0.3, -0.25) is 0 Å². The highest BCUT2D eigenvalue weighted by Gasteiger charge is 2.12. The van der Waals surface area contributed by atoms with Crippen molar-refractivity contribution in [2.24, 2.45) is 0 Å². The number of aryl methyl sites for hydroxylation is 2. The van der Waals surface area contributed by atoms with Crippen LogP contribution < -0.4 is 9.47 Å². The molecule has 0 spiro atoms. The van der Waals surface area contributed by atoms with E-state index in [1.54, 1.807) is 0 Å². The molecule has 0 aliphatic carbocycles. The van der Waals surface area contributed by atoms with E-state index in [1.165, 1.54) is 140 Å². The molecule has 318 valence electrons. The molecule has 0 aliphatic rings. The van der Waals surface area contributed by atoms with Crippen molar-refractivity contribution < 1.29 is 19.1 Å². The van der Waals surface area contributed by atoms with Crippen LogP contribution in [0, 0.1) is 0 Å². The summed E-state index contributed by atoms with van der Waals surface area (Å²) in [6, 6.07) is 39.3. The molecule has 0 radical (unpaired) electrons. The number of esters is 2. The lowest BCUT2D eigenvalue weighted by molar-refractivity contribution is 0.0725. The fourth-order valence-electron chi connectivity index (χ4n) is 7.89. The predicted molar refractivity (Wildman–Crippen MR) is 251 cm³/mol. The molecule has 5 rings (SSSR count). The van der Waals surface area contributed by atoms with Crippen LogP contribution >= 0.6 is 0 Å². The molecule has 0 atom stereocenters. The van der Waals surface area contributed by atoms with E-state index >= 15 is 0 Å². The molecule has 0 fully saturated rings. The minimum atomic E-state index is -0.350. The molecule has 60 heavy (non-hydrogen) atoms. The molecule has 0 amide bonds. The predicted octanol–water partition coefficient (Wildman–Crippen LogP) is 16.4. The molecular weight excluding hydrogens is 737 g/mol. The van der Waals surface area contributed by atoms with Gasteiger partial charge in [0.05, 0.1) is 11.1 Å². The first kappa shape index (κ1) is 46.1. The number of hydrogen-bond donors (Lipinski definition) is 0. The van der Waals surface area contributed by atoms with Gasteiger partial charge >= 0.3 is 11.9 Å². The third-order valence-corrected chi connectivity index (χ3v) is 11.7. The molecular formula is C56H70O4. The van der Waals surface area contributed by atoms with Gasteiger partial charge in [0.1, 0.15) is 11.5 Å². The van der Waals surface area contributed by atoms with Gasteiger partial charge < -0.3 is 9.47 Å². The Labute approximate surface area is 362 Å². The summed E-state index contributed by atoms with van der Waals surface area (Å²) < 4.78 is 11.5. The fourth-order valence-corrected chi connectivity index (χ4v) is 7.89. The van der Waals surface area contributed by atoms with Crippen molar-refractivity contribution in [3.05, 3.63) is 144 Å². The van der Waals surface area contributed by atoms with Crippen LogP contribution in [0.4, 0.5) is 0 Å². The van der Waals surface area contributed by atoms with Gasteiger partial charge in [0.15, 0.2) is 0 Å². The van der Waals surface area contributed by atoms with Crippen LogP contribution in [0.2, 0.25) is 0 Å². The normalized spacial score (nSPS) is 11.1. The molecule has 0 aliphatic heterocycles. The summed E-state index contributed by atoms with van der Waals surface area (Å²) in [4.78, 5) is 25.9. The summed E-state index contributed by atoms with van der Waals surface area (Å²) in [5, 5.41) is 0. The second-order valence-corrected chi connectivity index (χ2v) is 16.7. The zero-order valence-corrected chi connectivity index (χ0v) is 36.7. The highest BCUT2D eigenvalue weighted by Crippen LogP contribution is 2.29. The smallest absolute Gasteiger partial charge is 0.343 e. The fraction of sp³-hybridized carbons (Fsp3) is 0.429. The van der Waals surface area contributed by atoms with Crippen molar-refractivity contribution in [3.8, 4) is 33.8 Å². The lowest BCUT2D eigenvalue weighted by Gasteiger charge is -2.09. The van der Waals surface area contributed by atoms with E-state index < -0.39 is 0 Å². The molecule has 0 unspecified atom stereocenters. The Balaban J connectivity index is 1.02. The molecule has 0 aromatic heterocycles. The monoisotopic (exact) mass is 807 g/mol. The summed E-state index contributed by atoms with van der Waals surface area (Å²) in [5.41, 5.74) is 7.80. The summed E-state index contributed by atoms with van der Waals surface area (Å²) in [6.07, 6.45) is 28.7. The van der Waals surface area contributed by atoms with Crippen molar-refractivity contribution in [2.45, 2.75) is 155 Å². The van der Waals surface area contributed by atoms with Gasteiger partial charge in [-0.1, -0.05) is 196 Å². The van der Waals surface area contributed by atoms with Gasteiger partial charge in [-0.25, -0.2) is 9.59 Å². The number of rotatable bonds is 28. The number of carbonyl (C=O) groups excluding carboxylic acids is 2. The van der Waals surface area contributed by atoms with E-state index in [-0.39, 0.29) is 11.9 Å². The van der Waals surface area contributed by atoms with Gasteiger partial charge in [-0.05, 0) is 114 Å². The molecule has 4 heteroatoms. The Bertz CT molecular complexity index is 1800. The zero-order valence-electron chi connectivity index (χ0n) is 36.7. The largest absolute Gasteiger partial charge is 0.423 e. The van der Waals surface area contributed by atoms with Crippen LogP contribution in [-0.4, -0.2) is 11.9 Å². The Kier molecular flexibility index (Phi) is 20.7. The number of benzene rings is 5. The highest BCUT2D eigenvalue weighted by molar-refractivity contribution is 5.91. The first-order valence-electron chi connectivity index (χ1n) is 23.5. The third-order valence-electron chi connectivity index (χ3n) is 11.7. The minimum Gasteiger partial charge on any atom is -0.423 e. The maximum absolute atomic E-state index is 12.9. The van der Waals surface area contributed by atoms with Crippen LogP contribution in [0.5, 0.6) is 11.5 Å². The van der Waals surface area contributed by atoms with E-state index in [0.717, 1.165) is 35.1 Å². The zero-order chi connectivity index (χ0) is 42.0. The molecule has 0 heterocycles. The Morgan fingerprint density at radius 2 is 0.667 bits per heavy atom. The van der Waals surface area contributed by atoms with Crippen molar-refractivity contribution >= 4 is 11.9 Å². The van der Waals surface area contributed by atoms with Crippen LogP contribution in [-0.2, 0) is 12.8 Å². The first-order valence-corrected chi connectivity index (χ1v) is 23.5. The average molecular weight is 807 g/mol. The van der Waals surface area contributed by atoms with Crippen molar-refractivity contribution in [1.29, 1.82) is 0 Å². The van der Waals surface area contributed by atoms with E-state index in [2.05, 4.69) is 56.3 Å². The number of carbonyl (C=O) groups is 2. The van der Waals surface area contributed by atoms with E-state index in [9.17, 15) is 9.59 Å². The molecule has 0 saturated carbocycles. The number of ether oxygens (including phenoxy) is 2. The quantitative estimate of drug-likeness (QED) is 0.0287. The van der Waals surface area contributed by atoms with Crippen molar-refractivity contribution in [2.75, 3.05) is 0 Å². The van der Waals surface area contributed by atoms with Gasteiger partial charge in [0, 0.05) is 0 Å². The molecule has 0 bridgehead atoms. The molecule has 0 N–H and O–H groups in total. The highest BCUT2D eigenvalue weighted by atomic mass is 16.5. The summed E-state index contributed by atoms with van der Waals surface area (Å²) >= 11 is 0. The number of hydrogen-bond acceptors (Lipinski definition) is 4. The van der Waals surface area contributed by atoms with Gasteiger partial charge in [0.2, 0.25) is 0 Å². The molecule has 0 saturated heterocycles. The topological polar surface area (TPSA) is 52.6 Å². The Morgan fingerprint density at radius 3 is 1.00 bits per heavy atom. The average Bonchev–Trinajstić information content (AvgIpc) is 3.28. The Hall–Kier alpha value is -4.96. The Morgan fingerprint density at radius 1 is 0.350 bits per heavy atom. The van der Waals surface area contributed by atoms with E-state index in [0.29, 0.717) is 22.6 Å². The van der Waals surface area contributed by atoms with E-state index in [4.69, 9.17) is 9.47 Å². The lowest BCUT2D eigenvalue weighted by Crippen LogP contribution is -2.08. The standard InChI is InChI=1S/C56H70O4/c1-3-5-7-9-11-13-15-17-19-21-24-45-28-32-49(33-29-45)55(57)59-53-40-36-47(37-41-53)51-26-23-27-52(44-51)48-38-42-54(43-39-48)60-56(58)50-34-30-46(31-35-50)25-22-20-18-16-14-12-10-8-6-4-2/h23,26-44H,3-22,24-25H2,1-2H3. The van der Waals surface area contributed by atoms with Crippen LogP contribution in [0.3, 0.4) is 0 Å². The molecule has 5 aromatic carbocycles. The summed E-state index contributed by atoms with van der Waals surface area (Å²) in [6.45, 7) is 4.54. The third kappa shape index (κ3) is 16.6. The molecule has 5 aromatic rings. The first-order chi connectivity index (χ1) is 29.5. The summed E-state index contributed by atoms with van der Waals surface area (Å²) in [7, 11) is 0. The second kappa shape index (κ2) is 27.0. The van der Waals surface area contributed by atoms with Gasteiger partial charge in [0.25, 0.3) is 0 Å². The maximum atomic E-state index is 12.9. The van der Waals surface area contributed by atoms with Crippen molar-refractivity contribution in [1.82, 2.24) is 0 Å². The maximum Gasteiger partial charge on any atom is 0.343 e. The molecule has 4 nitrogen and oxygen atoms in total. The van der Waals surface area contributed by atoms with E-state index in [1.807, 2.05) is 78.9 Å². The van der Waals surface area contributed by atoms with Crippen LogP contribution in [0.25, 0.3) is 22.3 Å². The van der Waals surface area contributed by atoms with Crippen LogP contribution in [0.15, 0.2) is 121 Å². The van der Waals surface area contributed by atoms with Crippen LogP contribution in [0.1, 0.15) is 174 Å². The summed E-state index contributed by atoms with van der Waals surface area (Å²) in [5.74, 6) is 0.327. The minimum absolute atomic E-state index is 0.350. The number of unbranched alkanes of at least 4 members (excludes halogenated alkanes) is 18. The van der Waals surface area contributed by atoms with Gasteiger partial charge in [-0.2, -0.15) is 0 Å². The van der Waals surface area contributed by atoms with Gasteiger partial charge in [-0.15, -0.1) is 0 Å². The second-order valence-electron chi connectivity index (χ2n) is 16.7. The van der Waals surface area contributed by atoms with Crippen molar-refractivity contribution in [3.63, 3.8) is 0 Å².